The van der Waals surface area contributed by atoms with Gasteiger partial charge in [-0.3, -0.25) is 9.59 Å². The fraction of sp³-hybridized carbons (Fsp3) is 0.385. The van der Waals surface area contributed by atoms with Crippen LogP contribution in [0.5, 0.6) is 5.75 Å². The lowest BCUT2D eigenvalue weighted by atomic mass is 10.1. The Bertz CT molecular complexity index is 447. The van der Waals surface area contributed by atoms with Crippen molar-refractivity contribution in [1.82, 2.24) is 4.90 Å². The molecule has 0 aliphatic carbocycles. The predicted molar refractivity (Wildman–Crippen MR) is 74.6 cm³/mol. The van der Waals surface area contributed by atoms with Crippen molar-refractivity contribution >= 4 is 17.5 Å². The highest BCUT2D eigenvalue weighted by atomic mass is 16.3. The number of aromatic hydroxyl groups is 1. The minimum atomic E-state index is -0.485. The van der Waals surface area contributed by atoms with Crippen LogP contribution in [0.2, 0.25) is 0 Å². The second kappa shape index (κ2) is 7.97. The van der Waals surface area contributed by atoms with Crippen molar-refractivity contribution < 1.29 is 14.7 Å². The third kappa shape index (κ3) is 4.87. The number of hydrogen-bond donors (Lipinski definition) is 3. The van der Waals surface area contributed by atoms with E-state index in [-0.39, 0.29) is 30.0 Å². The predicted octanol–water partition coefficient (Wildman–Crippen LogP) is 0.948. The zero-order valence-corrected chi connectivity index (χ0v) is 11.5. The largest absolute Gasteiger partial charge is 0.505 e. The normalized spacial score (nSPS) is 9.21. The van der Waals surface area contributed by atoms with E-state index in [1.807, 2.05) is 13.8 Å². The summed E-state index contributed by atoms with van der Waals surface area (Å²) in [6.45, 7) is 4.20. The maximum atomic E-state index is 11.9. The smallest absolute Gasteiger partial charge is 0.257 e. The highest BCUT2D eigenvalue weighted by Gasteiger charge is 2.17. The minimum Gasteiger partial charge on any atom is -0.505 e. The number of amides is 2. The number of nitrogens with zero attached hydrogens (tertiary/aromatic N) is 1. The van der Waals surface area contributed by atoms with E-state index in [9.17, 15) is 14.7 Å². The van der Waals surface area contributed by atoms with Gasteiger partial charge in [0, 0.05) is 20.0 Å². The first kappa shape index (κ1) is 16.8. The average molecular weight is 267 g/mol. The first-order chi connectivity index (χ1) is 8.93. The molecular formula is C13H21N3O3. The molecule has 6 nitrogen and oxygen atoms in total. The van der Waals surface area contributed by atoms with Crippen LogP contribution in [0.3, 0.4) is 0 Å². The van der Waals surface area contributed by atoms with Crippen molar-refractivity contribution in [2.24, 2.45) is 5.73 Å². The number of phenols is 1. The van der Waals surface area contributed by atoms with Crippen LogP contribution in [0, 0.1) is 0 Å². The third-order valence-electron chi connectivity index (χ3n) is 2.34. The Morgan fingerprint density at radius 2 is 1.89 bits per heavy atom. The van der Waals surface area contributed by atoms with Crippen LogP contribution < -0.4 is 11.5 Å². The molecule has 106 valence electrons. The number of nitrogens with two attached hydrogens (primary N) is 2. The Balaban J connectivity index is 0.00000154. The van der Waals surface area contributed by atoms with E-state index in [0.717, 1.165) is 0 Å². The Morgan fingerprint density at radius 3 is 2.42 bits per heavy atom. The fourth-order valence-electron chi connectivity index (χ4n) is 1.32. The van der Waals surface area contributed by atoms with E-state index in [0.29, 0.717) is 0 Å². The Hall–Kier alpha value is -2.24. The highest BCUT2D eigenvalue weighted by molar-refractivity contribution is 5.98. The monoisotopic (exact) mass is 267 g/mol. The molecule has 1 aromatic rings. The number of rotatable bonds is 4. The van der Waals surface area contributed by atoms with Crippen molar-refractivity contribution in [2.75, 3.05) is 19.3 Å². The van der Waals surface area contributed by atoms with Gasteiger partial charge in [0.05, 0.1) is 11.3 Å². The third-order valence-corrected chi connectivity index (χ3v) is 2.34. The van der Waals surface area contributed by atoms with Crippen molar-refractivity contribution in [3.8, 4) is 5.75 Å². The number of benzene rings is 1. The van der Waals surface area contributed by atoms with Gasteiger partial charge in [-0.25, -0.2) is 0 Å². The minimum absolute atomic E-state index is 0.0747. The number of phenolic OH excluding ortho intramolecular Hbond substituents is 1. The van der Waals surface area contributed by atoms with Gasteiger partial charge in [-0.2, -0.15) is 0 Å². The molecule has 0 radical (unpaired) electrons. The van der Waals surface area contributed by atoms with Gasteiger partial charge in [0.25, 0.3) is 5.91 Å². The summed E-state index contributed by atoms with van der Waals surface area (Å²) < 4.78 is 0. The number of nitrogen functional groups attached to an aromatic ring is 1. The van der Waals surface area contributed by atoms with Gasteiger partial charge in [-0.1, -0.05) is 19.9 Å². The van der Waals surface area contributed by atoms with Crippen LogP contribution in [0.15, 0.2) is 18.2 Å². The molecule has 1 aromatic carbocycles. The number of carbonyl (C=O) groups is 2. The van der Waals surface area contributed by atoms with Gasteiger partial charge >= 0.3 is 0 Å². The number of carbonyl (C=O) groups excluding carboxylic acids is 2. The van der Waals surface area contributed by atoms with Crippen LogP contribution in [-0.2, 0) is 4.79 Å². The van der Waals surface area contributed by atoms with E-state index >= 15 is 0 Å². The molecule has 0 unspecified atom stereocenters. The molecule has 2 amide bonds. The molecule has 19 heavy (non-hydrogen) atoms. The molecule has 1 rings (SSSR count). The van der Waals surface area contributed by atoms with Gasteiger partial charge < -0.3 is 21.5 Å². The quantitative estimate of drug-likeness (QED) is 0.557. The standard InChI is InChI=1S/C11H15N3O3.C2H6/c1-14(6-5-9(13)15)11(17)7-3-2-4-8(12)10(7)16;1-2/h2-4,16H,5-6,12H2,1H3,(H2,13,15);1-2H3. The SMILES string of the molecule is CC.CN(CCC(N)=O)C(=O)c1cccc(N)c1O. The van der Waals surface area contributed by atoms with E-state index < -0.39 is 11.8 Å². The number of para-hydroxylation sites is 1. The fourth-order valence-corrected chi connectivity index (χ4v) is 1.32. The zero-order valence-electron chi connectivity index (χ0n) is 11.5. The molecule has 0 atom stereocenters. The van der Waals surface area contributed by atoms with Crippen LogP contribution in [0.4, 0.5) is 5.69 Å². The molecule has 5 N–H and O–H groups in total. The maximum Gasteiger partial charge on any atom is 0.257 e. The van der Waals surface area contributed by atoms with E-state index in [2.05, 4.69) is 0 Å². The Kier molecular flexibility index (Phi) is 7.03. The maximum absolute atomic E-state index is 11.9. The summed E-state index contributed by atoms with van der Waals surface area (Å²) in [6.07, 6.45) is 0.0747. The van der Waals surface area contributed by atoms with Crippen LogP contribution in [0.1, 0.15) is 30.6 Å². The molecule has 0 aliphatic rings. The summed E-state index contributed by atoms with van der Waals surface area (Å²) in [5, 5.41) is 9.63. The molecule has 0 aromatic heterocycles. The highest BCUT2D eigenvalue weighted by Crippen LogP contribution is 2.25. The summed E-state index contributed by atoms with van der Waals surface area (Å²) in [6, 6.07) is 4.54. The van der Waals surface area contributed by atoms with Gasteiger partial charge in [0.15, 0.2) is 5.75 Å². The summed E-state index contributed by atoms with van der Waals surface area (Å²) >= 11 is 0. The second-order valence-corrected chi connectivity index (χ2v) is 3.69. The number of primary amides is 1. The molecular weight excluding hydrogens is 246 g/mol. The van der Waals surface area contributed by atoms with Gasteiger partial charge in [-0.05, 0) is 12.1 Å². The lowest BCUT2D eigenvalue weighted by molar-refractivity contribution is -0.118. The molecule has 0 heterocycles. The Morgan fingerprint density at radius 1 is 1.32 bits per heavy atom. The second-order valence-electron chi connectivity index (χ2n) is 3.69. The Labute approximate surface area is 113 Å². The molecule has 0 bridgehead atoms. The summed E-state index contributed by atoms with van der Waals surface area (Å²) in [7, 11) is 1.52. The molecule has 0 fully saturated rings. The van der Waals surface area contributed by atoms with Gasteiger partial charge in [0.2, 0.25) is 5.91 Å². The molecule has 6 heteroatoms. The summed E-state index contributed by atoms with van der Waals surface area (Å²) in [5.74, 6) is -1.14. The van der Waals surface area contributed by atoms with Crippen LogP contribution >= 0.6 is 0 Å². The topological polar surface area (TPSA) is 110 Å². The number of hydrogen-bond acceptors (Lipinski definition) is 4. The first-order valence-corrected chi connectivity index (χ1v) is 6.04. The van der Waals surface area contributed by atoms with Crippen LogP contribution in [-0.4, -0.2) is 35.4 Å². The van der Waals surface area contributed by atoms with Gasteiger partial charge in [0.1, 0.15) is 0 Å². The van der Waals surface area contributed by atoms with Gasteiger partial charge in [-0.15, -0.1) is 0 Å². The van der Waals surface area contributed by atoms with E-state index in [4.69, 9.17) is 11.5 Å². The zero-order chi connectivity index (χ0) is 15.0. The lowest BCUT2D eigenvalue weighted by Crippen LogP contribution is -2.30. The lowest BCUT2D eigenvalue weighted by Gasteiger charge is -2.17. The molecule has 0 aliphatic heterocycles. The first-order valence-electron chi connectivity index (χ1n) is 6.04. The molecule has 0 spiro atoms. The van der Waals surface area contributed by atoms with E-state index in [1.165, 1.54) is 24.1 Å². The van der Waals surface area contributed by atoms with Crippen LogP contribution in [0.25, 0.3) is 0 Å². The molecule has 0 saturated carbocycles. The molecule has 0 saturated heterocycles. The van der Waals surface area contributed by atoms with Crippen molar-refractivity contribution in [3.05, 3.63) is 23.8 Å². The summed E-state index contributed by atoms with van der Waals surface area (Å²) in [4.78, 5) is 23.8. The van der Waals surface area contributed by atoms with Crippen molar-refractivity contribution in [1.29, 1.82) is 0 Å². The van der Waals surface area contributed by atoms with E-state index in [1.54, 1.807) is 6.07 Å². The van der Waals surface area contributed by atoms with Crippen molar-refractivity contribution in [2.45, 2.75) is 20.3 Å². The summed E-state index contributed by atoms with van der Waals surface area (Å²) in [5.41, 5.74) is 10.7. The number of anilines is 1. The van der Waals surface area contributed by atoms with Crippen molar-refractivity contribution in [3.63, 3.8) is 0 Å². The average Bonchev–Trinajstić information content (AvgIpc) is 2.40.